The second-order valence-corrected chi connectivity index (χ2v) is 6.18. The number of hydrogen-bond acceptors (Lipinski definition) is 5. The number of ether oxygens (including phenoxy) is 1. The monoisotopic (exact) mass is 421 g/mol. The first-order chi connectivity index (χ1) is 14.3. The highest BCUT2D eigenvalue weighted by atomic mass is 19.4. The molecule has 0 saturated carbocycles. The Morgan fingerprint density at radius 3 is 2.43 bits per heavy atom. The Balaban J connectivity index is 1.41. The van der Waals surface area contributed by atoms with Crippen molar-refractivity contribution in [2.24, 2.45) is 0 Å². The minimum absolute atomic E-state index is 0.271. The first kappa shape index (κ1) is 21.0. The van der Waals surface area contributed by atoms with Crippen molar-refractivity contribution in [3.63, 3.8) is 0 Å². The average Bonchev–Trinajstić information content (AvgIpc) is 2.70. The van der Waals surface area contributed by atoms with Gasteiger partial charge in [0.15, 0.2) is 5.82 Å². The highest BCUT2D eigenvalue weighted by molar-refractivity contribution is 5.91. The van der Waals surface area contributed by atoms with Crippen molar-refractivity contribution in [1.82, 2.24) is 15.5 Å². The maximum Gasteiger partial charge on any atom is 0.573 e. The van der Waals surface area contributed by atoms with Gasteiger partial charge in [0.1, 0.15) is 5.75 Å². The first-order valence-electron chi connectivity index (χ1n) is 8.94. The van der Waals surface area contributed by atoms with Gasteiger partial charge in [-0.25, -0.2) is 9.89 Å². The van der Waals surface area contributed by atoms with Gasteiger partial charge in [0.2, 0.25) is 0 Å². The van der Waals surface area contributed by atoms with Gasteiger partial charge in [-0.2, -0.15) is 5.10 Å². The van der Waals surface area contributed by atoms with Crippen LogP contribution in [0.2, 0.25) is 0 Å². The zero-order valence-electron chi connectivity index (χ0n) is 15.5. The SMILES string of the molecule is O=C(NCCCNc1n[nH]c(=O)c2ccccc12)Nc1ccc(OC(F)(F)F)cc1. The molecule has 1 heterocycles. The van der Waals surface area contributed by atoms with Gasteiger partial charge < -0.3 is 20.7 Å². The van der Waals surface area contributed by atoms with E-state index in [1.54, 1.807) is 18.2 Å². The Kier molecular flexibility index (Phi) is 6.40. The fourth-order valence-corrected chi connectivity index (χ4v) is 2.66. The lowest BCUT2D eigenvalue weighted by Crippen LogP contribution is -2.30. The Morgan fingerprint density at radius 1 is 1.03 bits per heavy atom. The van der Waals surface area contributed by atoms with Crippen molar-refractivity contribution in [3.05, 3.63) is 58.9 Å². The quantitative estimate of drug-likeness (QED) is 0.437. The number of alkyl halides is 3. The van der Waals surface area contributed by atoms with Crippen LogP contribution in [0.3, 0.4) is 0 Å². The van der Waals surface area contributed by atoms with Crippen LogP contribution in [0.1, 0.15) is 6.42 Å². The third-order valence-corrected chi connectivity index (χ3v) is 3.97. The normalized spacial score (nSPS) is 11.2. The highest BCUT2D eigenvalue weighted by Crippen LogP contribution is 2.23. The van der Waals surface area contributed by atoms with E-state index < -0.39 is 12.4 Å². The van der Waals surface area contributed by atoms with Gasteiger partial charge in [-0.15, -0.1) is 13.2 Å². The van der Waals surface area contributed by atoms with Gasteiger partial charge in [0, 0.05) is 24.2 Å². The first-order valence-corrected chi connectivity index (χ1v) is 8.94. The molecule has 30 heavy (non-hydrogen) atoms. The number of anilines is 2. The van der Waals surface area contributed by atoms with Gasteiger partial charge in [0.05, 0.1) is 5.39 Å². The maximum absolute atomic E-state index is 12.1. The number of H-pyrrole nitrogens is 1. The number of amides is 2. The Bertz CT molecular complexity index is 1070. The molecule has 3 rings (SSSR count). The summed E-state index contributed by atoms with van der Waals surface area (Å²) in [6.45, 7) is 0.835. The molecule has 0 aliphatic heterocycles. The zero-order chi connectivity index (χ0) is 21.6. The van der Waals surface area contributed by atoms with E-state index in [1.807, 2.05) is 6.07 Å². The van der Waals surface area contributed by atoms with E-state index in [0.717, 1.165) is 12.1 Å². The molecule has 0 saturated heterocycles. The molecule has 1 aromatic heterocycles. The number of benzene rings is 2. The Morgan fingerprint density at radius 2 is 1.73 bits per heavy atom. The second-order valence-electron chi connectivity index (χ2n) is 6.18. The van der Waals surface area contributed by atoms with Crippen LogP contribution in [-0.2, 0) is 0 Å². The molecule has 0 atom stereocenters. The van der Waals surface area contributed by atoms with Crippen molar-refractivity contribution < 1.29 is 22.7 Å². The Labute approximate surface area is 168 Å². The minimum Gasteiger partial charge on any atom is -0.406 e. The molecule has 0 aliphatic carbocycles. The number of halogens is 3. The largest absolute Gasteiger partial charge is 0.573 e. The van der Waals surface area contributed by atoms with Crippen molar-refractivity contribution in [1.29, 1.82) is 0 Å². The molecule has 0 fully saturated rings. The number of aromatic amines is 1. The summed E-state index contributed by atoms with van der Waals surface area (Å²) in [5, 5.41) is 15.9. The van der Waals surface area contributed by atoms with E-state index in [4.69, 9.17) is 0 Å². The molecular formula is C19H18F3N5O3. The van der Waals surface area contributed by atoms with Gasteiger partial charge in [0.25, 0.3) is 5.56 Å². The van der Waals surface area contributed by atoms with Gasteiger partial charge >= 0.3 is 12.4 Å². The summed E-state index contributed by atoms with van der Waals surface area (Å²) < 4.78 is 40.2. The zero-order valence-corrected chi connectivity index (χ0v) is 15.5. The topological polar surface area (TPSA) is 108 Å². The molecule has 0 bridgehead atoms. The van der Waals surface area contributed by atoms with E-state index in [-0.39, 0.29) is 11.3 Å². The van der Waals surface area contributed by atoms with Crippen molar-refractivity contribution in [2.45, 2.75) is 12.8 Å². The van der Waals surface area contributed by atoms with E-state index in [0.29, 0.717) is 41.8 Å². The predicted molar refractivity (Wildman–Crippen MR) is 106 cm³/mol. The predicted octanol–water partition coefficient (Wildman–Crippen LogP) is 3.45. The van der Waals surface area contributed by atoms with Crippen LogP contribution in [0.15, 0.2) is 53.3 Å². The lowest BCUT2D eigenvalue weighted by Gasteiger charge is -2.11. The summed E-state index contributed by atoms with van der Waals surface area (Å²) in [4.78, 5) is 23.6. The summed E-state index contributed by atoms with van der Waals surface area (Å²) in [6, 6.07) is 11.4. The molecule has 0 unspecified atom stereocenters. The molecule has 3 aromatic rings. The number of aromatic nitrogens is 2. The van der Waals surface area contributed by atoms with Crippen LogP contribution >= 0.6 is 0 Å². The number of nitrogens with one attached hydrogen (secondary N) is 4. The van der Waals surface area contributed by atoms with Crippen LogP contribution < -0.4 is 26.2 Å². The average molecular weight is 421 g/mol. The van der Waals surface area contributed by atoms with Crippen LogP contribution in [0.4, 0.5) is 29.5 Å². The summed E-state index contributed by atoms with van der Waals surface area (Å²) in [5.74, 6) is 0.165. The van der Waals surface area contributed by atoms with E-state index >= 15 is 0 Å². The van der Waals surface area contributed by atoms with Crippen LogP contribution in [0.5, 0.6) is 5.75 Å². The van der Waals surface area contributed by atoms with Gasteiger partial charge in [-0.3, -0.25) is 4.79 Å². The molecular weight excluding hydrogens is 403 g/mol. The minimum atomic E-state index is -4.77. The maximum atomic E-state index is 12.1. The van der Waals surface area contributed by atoms with Crippen molar-refractivity contribution in [3.8, 4) is 5.75 Å². The van der Waals surface area contributed by atoms with Crippen LogP contribution in [0.25, 0.3) is 10.8 Å². The number of fused-ring (bicyclic) bond motifs is 1. The van der Waals surface area contributed by atoms with E-state index in [9.17, 15) is 22.8 Å². The molecule has 158 valence electrons. The third-order valence-electron chi connectivity index (χ3n) is 3.97. The summed E-state index contributed by atoms with van der Waals surface area (Å²) in [5.41, 5.74) is 0.0524. The number of rotatable bonds is 7. The van der Waals surface area contributed by atoms with Gasteiger partial charge in [-0.05, 0) is 36.8 Å². The number of nitrogens with zero attached hydrogens (tertiary/aromatic N) is 1. The molecule has 0 radical (unpaired) electrons. The molecule has 0 aliphatic rings. The molecule has 8 nitrogen and oxygen atoms in total. The number of hydrogen-bond donors (Lipinski definition) is 4. The molecule has 4 N–H and O–H groups in total. The number of carbonyl (C=O) groups excluding carboxylic acids is 1. The van der Waals surface area contributed by atoms with Crippen LogP contribution in [0, 0.1) is 0 Å². The lowest BCUT2D eigenvalue weighted by atomic mass is 10.2. The second kappa shape index (κ2) is 9.16. The molecule has 2 aromatic carbocycles. The van der Waals surface area contributed by atoms with Crippen LogP contribution in [-0.4, -0.2) is 35.7 Å². The molecule has 0 spiro atoms. The molecule has 11 heteroatoms. The highest BCUT2D eigenvalue weighted by Gasteiger charge is 2.30. The Hall–Kier alpha value is -3.76. The number of carbonyl (C=O) groups is 1. The fraction of sp³-hybridized carbons (Fsp3) is 0.211. The molecule has 2 amide bonds. The standard InChI is InChI=1S/C19H18F3N5O3/c20-19(21,22)30-13-8-6-12(7-9-13)25-18(29)24-11-3-10-23-16-14-4-1-2-5-15(14)17(28)27-26-16/h1-2,4-9H,3,10-11H2,(H,23,26)(H,27,28)(H2,24,25,29). The lowest BCUT2D eigenvalue weighted by molar-refractivity contribution is -0.274. The summed E-state index contributed by atoms with van der Waals surface area (Å²) in [7, 11) is 0. The van der Waals surface area contributed by atoms with E-state index in [1.165, 1.54) is 12.1 Å². The number of urea groups is 1. The van der Waals surface area contributed by atoms with Gasteiger partial charge in [-0.1, -0.05) is 18.2 Å². The third kappa shape index (κ3) is 5.87. The van der Waals surface area contributed by atoms with Crippen molar-refractivity contribution >= 4 is 28.3 Å². The smallest absolute Gasteiger partial charge is 0.406 e. The van der Waals surface area contributed by atoms with E-state index in [2.05, 4.69) is 30.9 Å². The summed E-state index contributed by atoms with van der Waals surface area (Å²) in [6.07, 6.45) is -4.20. The summed E-state index contributed by atoms with van der Waals surface area (Å²) >= 11 is 0. The fourth-order valence-electron chi connectivity index (χ4n) is 2.66. The van der Waals surface area contributed by atoms with Crippen molar-refractivity contribution in [2.75, 3.05) is 23.7 Å².